The Morgan fingerprint density at radius 3 is 2.80 bits per heavy atom. The molecule has 4 atom stereocenters. The van der Waals surface area contributed by atoms with Crippen LogP contribution in [0.25, 0.3) is 0 Å². The van der Waals surface area contributed by atoms with Crippen molar-refractivity contribution in [1.29, 1.82) is 0 Å². The van der Waals surface area contributed by atoms with E-state index < -0.39 is 11.7 Å². The van der Waals surface area contributed by atoms with Crippen LogP contribution in [0.1, 0.15) is 26.2 Å². The van der Waals surface area contributed by atoms with E-state index in [0.29, 0.717) is 5.92 Å². The third-order valence-electron chi connectivity index (χ3n) is 3.04. The molecule has 4 unspecified atom stereocenters. The zero-order valence-corrected chi connectivity index (χ0v) is 6.25. The van der Waals surface area contributed by atoms with Gasteiger partial charge in [0.15, 0.2) is 0 Å². The van der Waals surface area contributed by atoms with Crippen LogP contribution in [0.3, 0.4) is 0 Å². The minimum atomic E-state index is -0.794. The molecule has 0 radical (unpaired) electrons. The first-order valence-corrected chi connectivity index (χ1v) is 4.02. The molecule has 0 spiro atoms. The molecule has 0 aromatic carbocycles. The van der Waals surface area contributed by atoms with Crippen LogP contribution < -0.4 is 0 Å². The van der Waals surface area contributed by atoms with Gasteiger partial charge < -0.3 is 10.2 Å². The molecule has 2 fully saturated rings. The third kappa shape index (κ3) is 0.789. The lowest BCUT2D eigenvalue weighted by Crippen LogP contribution is -2.43. The lowest BCUT2D eigenvalue weighted by molar-refractivity contribution is -0.0932. The van der Waals surface area contributed by atoms with Crippen molar-refractivity contribution in [3.63, 3.8) is 0 Å². The first kappa shape index (κ1) is 6.62. The second-order valence-corrected chi connectivity index (χ2v) is 4.00. The van der Waals surface area contributed by atoms with Crippen molar-refractivity contribution in [2.75, 3.05) is 0 Å². The Morgan fingerprint density at radius 2 is 2.20 bits per heavy atom. The Hall–Kier alpha value is -0.0800. The average molecular weight is 142 g/mol. The second-order valence-electron chi connectivity index (χ2n) is 4.00. The van der Waals surface area contributed by atoms with Gasteiger partial charge in [-0.1, -0.05) is 0 Å². The van der Waals surface area contributed by atoms with Crippen molar-refractivity contribution in [1.82, 2.24) is 0 Å². The smallest absolute Gasteiger partial charge is 0.0880 e. The lowest BCUT2D eigenvalue weighted by Gasteiger charge is -2.32. The number of aliphatic hydroxyl groups is 2. The van der Waals surface area contributed by atoms with Gasteiger partial charge in [-0.15, -0.1) is 0 Å². The van der Waals surface area contributed by atoms with Gasteiger partial charge in [0.1, 0.15) is 0 Å². The molecule has 2 rings (SSSR count). The quantitative estimate of drug-likeness (QED) is 0.518. The van der Waals surface area contributed by atoms with Crippen LogP contribution in [0, 0.1) is 11.8 Å². The molecule has 0 saturated heterocycles. The van der Waals surface area contributed by atoms with Gasteiger partial charge in [-0.05, 0) is 38.0 Å². The molecular formula is C8H14O2. The van der Waals surface area contributed by atoms with E-state index in [1.807, 2.05) is 0 Å². The molecule has 0 amide bonds. The van der Waals surface area contributed by atoms with Crippen LogP contribution >= 0.6 is 0 Å². The minimum Gasteiger partial charge on any atom is -0.390 e. The van der Waals surface area contributed by atoms with Gasteiger partial charge in [0.05, 0.1) is 11.7 Å². The molecule has 10 heavy (non-hydrogen) atoms. The summed E-state index contributed by atoms with van der Waals surface area (Å²) in [6, 6.07) is 0. The topological polar surface area (TPSA) is 40.5 Å². The van der Waals surface area contributed by atoms with Crippen molar-refractivity contribution in [2.24, 2.45) is 11.8 Å². The summed E-state index contributed by atoms with van der Waals surface area (Å²) in [6.07, 6.45) is 2.56. The fraction of sp³-hybridized carbons (Fsp3) is 1.00. The maximum Gasteiger partial charge on any atom is 0.0880 e. The fourth-order valence-corrected chi connectivity index (χ4v) is 2.08. The summed E-state index contributed by atoms with van der Waals surface area (Å²) >= 11 is 0. The van der Waals surface area contributed by atoms with Gasteiger partial charge >= 0.3 is 0 Å². The summed E-state index contributed by atoms with van der Waals surface area (Å²) in [4.78, 5) is 0. The first-order chi connectivity index (χ1) is 4.61. The number of fused-ring (bicyclic) bond motifs is 1. The van der Waals surface area contributed by atoms with Gasteiger partial charge in [0.2, 0.25) is 0 Å². The van der Waals surface area contributed by atoms with Gasteiger partial charge in [-0.25, -0.2) is 0 Å². The highest BCUT2D eigenvalue weighted by Crippen LogP contribution is 2.52. The molecule has 0 bridgehead atoms. The summed E-state index contributed by atoms with van der Waals surface area (Å²) in [5, 5.41) is 19.1. The monoisotopic (exact) mass is 142 g/mol. The molecular weight excluding hydrogens is 128 g/mol. The Balaban J connectivity index is 2.11. The molecule has 58 valence electrons. The maximum absolute atomic E-state index is 9.59. The normalized spacial score (nSPS) is 59.7. The van der Waals surface area contributed by atoms with Crippen LogP contribution in [0.2, 0.25) is 0 Å². The third-order valence-corrected chi connectivity index (χ3v) is 3.04. The van der Waals surface area contributed by atoms with Crippen molar-refractivity contribution in [3.8, 4) is 0 Å². The van der Waals surface area contributed by atoms with Crippen molar-refractivity contribution in [2.45, 2.75) is 37.9 Å². The lowest BCUT2D eigenvalue weighted by atomic mass is 9.84. The van der Waals surface area contributed by atoms with Gasteiger partial charge in [-0.2, -0.15) is 0 Å². The molecule has 2 heteroatoms. The van der Waals surface area contributed by atoms with Crippen LogP contribution in [-0.2, 0) is 0 Å². The van der Waals surface area contributed by atoms with E-state index in [0.717, 1.165) is 25.2 Å². The molecule has 2 saturated carbocycles. The summed E-state index contributed by atoms with van der Waals surface area (Å²) in [6.45, 7) is 1.74. The zero-order valence-electron chi connectivity index (χ0n) is 6.25. The van der Waals surface area contributed by atoms with Gasteiger partial charge in [0, 0.05) is 0 Å². The Labute approximate surface area is 60.9 Å². The van der Waals surface area contributed by atoms with E-state index in [2.05, 4.69) is 0 Å². The average Bonchev–Trinajstić information content (AvgIpc) is 2.58. The molecule has 2 N–H and O–H groups in total. The van der Waals surface area contributed by atoms with E-state index in [-0.39, 0.29) is 0 Å². The molecule has 0 heterocycles. The van der Waals surface area contributed by atoms with E-state index in [4.69, 9.17) is 0 Å². The van der Waals surface area contributed by atoms with E-state index >= 15 is 0 Å². The summed E-state index contributed by atoms with van der Waals surface area (Å²) in [5.41, 5.74) is -0.794. The van der Waals surface area contributed by atoms with Crippen LogP contribution in [0.15, 0.2) is 0 Å². The summed E-state index contributed by atoms with van der Waals surface area (Å²) in [5.74, 6) is 1.15. The van der Waals surface area contributed by atoms with Crippen LogP contribution in [-0.4, -0.2) is 21.9 Å². The van der Waals surface area contributed by atoms with Crippen LogP contribution in [0.4, 0.5) is 0 Å². The highest BCUT2D eigenvalue weighted by atomic mass is 16.3. The molecule has 2 nitrogen and oxygen atoms in total. The van der Waals surface area contributed by atoms with Gasteiger partial charge in [0.25, 0.3) is 0 Å². The van der Waals surface area contributed by atoms with Crippen molar-refractivity contribution in [3.05, 3.63) is 0 Å². The Kier molecular flexibility index (Phi) is 1.15. The van der Waals surface area contributed by atoms with Gasteiger partial charge in [-0.3, -0.25) is 0 Å². The summed E-state index contributed by atoms with van der Waals surface area (Å²) in [7, 11) is 0. The predicted octanol–water partition coefficient (Wildman–Crippen LogP) is 0.528. The van der Waals surface area contributed by atoms with E-state index in [1.165, 1.54) is 0 Å². The van der Waals surface area contributed by atoms with Crippen molar-refractivity contribution >= 4 is 0 Å². The first-order valence-electron chi connectivity index (χ1n) is 4.02. The van der Waals surface area contributed by atoms with Crippen LogP contribution in [0.5, 0.6) is 0 Å². The molecule has 0 aliphatic heterocycles. The SMILES string of the molecule is CC1(O)CCC2CC2C1O. The minimum absolute atomic E-state index is 0.420. The molecule has 0 aromatic rings. The number of hydrogen-bond donors (Lipinski definition) is 2. The molecule has 0 aromatic heterocycles. The summed E-state index contributed by atoms with van der Waals surface area (Å²) < 4.78 is 0. The Morgan fingerprint density at radius 1 is 1.50 bits per heavy atom. The largest absolute Gasteiger partial charge is 0.390 e. The van der Waals surface area contributed by atoms with Crippen molar-refractivity contribution < 1.29 is 10.2 Å². The standard InChI is InChI=1S/C8H14O2/c1-8(10)3-2-5-4-6(5)7(8)9/h5-7,9-10H,2-4H2,1H3. The Bertz CT molecular complexity index is 153. The zero-order chi connectivity index (χ0) is 7.35. The number of aliphatic hydroxyl groups excluding tert-OH is 1. The van der Waals surface area contributed by atoms with E-state index in [1.54, 1.807) is 6.92 Å². The number of rotatable bonds is 0. The molecule has 2 aliphatic carbocycles. The fourth-order valence-electron chi connectivity index (χ4n) is 2.08. The highest BCUT2D eigenvalue weighted by molar-refractivity contribution is 5.03. The maximum atomic E-state index is 9.59. The van der Waals surface area contributed by atoms with E-state index in [9.17, 15) is 10.2 Å². The predicted molar refractivity (Wildman–Crippen MR) is 37.5 cm³/mol. The number of hydrogen-bond acceptors (Lipinski definition) is 2. The second kappa shape index (κ2) is 1.74. The molecule has 2 aliphatic rings. The highest BCUT2D eigenvalue weighted by Gasteiger charge is 2.53.